The number of pyridine rings is 1. The maximum atomic E-state index is 5.56. The van der Waals surface area contributed by atoms with Crippen molar-refractivity contribution in [3.63, 3.8) is 0 Å². The Kier molecular flexibility index (Phi) is 4.12. The van der Waals surface area contributed by atoms with E-state index in [4.69, 9.17) is 5.73 Å². The highest BCUT2D eigenvalue weighted by Gasteiger charge is 1.93. The van der Waals surface area contributed by atoms with Crippen LogP contribution in [0, 0.1) is 0 Å². The van der Waals surface area contributed by atoms with E-state index in [9.17, 15) is 0 Å². The molecule has 2 N–H and O–H groups in total. The predicted molar refractivity (Wildman–Crippen MR) is 59.3 cm³/mol. The molecule has 0 aliphatic rings. The lowest BCUT2D eigenvalue weighted by Crippen LogP contribution is -2.01. The molecular formula is C10H13BrN2. The maximum Gasteiger partial charge on any atom is 0.0630 e. The second-order valence-corrected chi connectivity index (χ2v) is 3.68. The van der Waals surface area contributed by atoms with E-state index in [2.05, 4.69) is 27.8 Å². The van der Waals surface area contributed by atoms with Gasteiger partial charge in [-0.3, -0.25) is 4.98 Å². The number of halogens is 1. The molecule has 1 heterocycles. The Morgan fingerprint density at radius 1 is 1.62 bits per heavy atom. The highest BCUT2D eigenvalue weighted by atomic mass is 79.9. The molecule has 0 saturated carbocycles. The molecule has 0 fully saturated rings. The molecule has 0 radical (unpaired) electrons. The van der Waals surface area contributed by atoms with Crippen molar-refractivity contribution in [3.05, 3.63) is 34.1 Å². The topological polar surface area (TPSA) is 38.9 Å². The van der Waals surface area contributed by atoms with Crippen molar-refractivity contribution in [2.24, 2.45) is 5.73 Å². The number of nitrogens with two attached hydrogens (primary N) is 1. The number of aromatic nitrogens is 1. The molecule has 0 unspecified atom stereocenters. The van der Waals surface area contributed by atoms with Gasteiger partial charge in [0.05, 0.1) is 5.69 Å². The molecule has 3 heteroatoms. The highest BCUT2D eigenvalue weighted by Crippen LogP contribution is 2.10. The van der Waals surface area contributed by atoms with Gasteiger partial charge >= 0.3 is 0 Å². The zero-order chi connectivity index (χ0) is 9.68. The SMILES string of the molecule is CC/C(=C/c1ccc(Br)cn1)CN. The molecule has 1 aromatic heterocycles. The van der Waals surface area contributed by atoms with E-state index in [1.165, 1.54) is 5.57 Å². The molecule has 2 nitrogen and oxygen atoms in total. The maximum absolute atomic E-state index is 5.56. The molecule has 1 rings (SSSR count). The van der Waals surface area contributed by atoms with Crippen LogP contribution in [0.2, 0.25) is 0 Å². The Bertz CT molecular complexity index is 284. The zero-order valence-electron chi connectivity index (χ0n) is 7.63. The van der Waals surface area contributed by atoms with Crippen molar-refractivity contribution in [2.75, 3.05) is 6.54 Å². The second-order valence-electron chi connectivity index (χ2n) is 2.76. The molecule has 13 heavy (non-hydrogen) atoms. The summed E-state index contributed by atoms with van der Waals surface area (Å²) in [6, 6.07) is 3.94. The first kappa shape index (κ1) is 10.4. The van der Waals surface area contributed by atoms with Crippen molar-refractivity contribution in [1.29, 1.82) is 0 Å². The third-order valence-electron chi connectivity index (χ3n) is 1.82. The van der Waals surface area contributed by atoms with Crippen LogP contribution in [0.25, 0.3) is 6.08 Å². The van der Waals surface area contributed by atoms with Gasteiger partial charge in [-0.05, 0) is 40.6 Å². The van der Waals surface area contributed by atoms with Crippen LogP contribution >= 0.6 is 15.9 Å². The van der Waals surface area contributed by atoms with Gasteiger partial charge in [-0.15, -0.1) is 0 Å². The molecular weight excluding hydrogens is 228 g/mol. The van der Waals surface area contributed by atoms with Gasteiger partial charge in [-0.2, -0.15) is 0 Å². The lowest BCUT2D eigenvalue weighted by molar-refractivity contribution is 1.02. The van der Waals surface area contributed by atoms with E-state index in [0.29, 0.717) is 6.54 Å². The summed E-state index contributed by atoms with van der Waals surface area (Å²) >= 11 is 3.34. The molecule has 0 aliphatic heterocycles. The monoisotopic (exact) mass is 240 g/mol. The summed E-state index contributed by atoms with van der Waals surface area (Å²) in [6.07, 6.45) is 4.80. The normalized spacial score (nSPS) is 11.8. The first-order valence-corrected chi connectivity index (χ1v) is 5.06. The highest BCUT2D eigenvalue weighted by molar-refractivity contribution is 9.10. The minimum Gasteiger partial charge on any atom is -0.327 e. The van der Waals surface area contributed by atoms with E-state index in [1.807, 2.05) is 18.2 Å². The van der Waals surface area contributed by atoms with Gasteiger partial charge in [-0.1, -0.05) is 12.5 Å². The average molecular weight is 241 g/mol. The third-order valence-corrected chi connectivity index (χ3v) is 2.29. The third kappa shape index (κ3) is 3.28. The van der Waals surface area contributed by atoms with E-state index >= 15 is 0 Å². The standard InChI is InChI=1S/C10H13BrN2/c1-2-8(6-12)5-10-4-3-9(11)7-13-10/h3-5,7H,2,6,12H2,1H3/b8-5-. The molecule has 0 saturated heterocycles. The van der Waals surface area contributed by atoms with Gasteiger partial charge in [0.1, 0.15) is 0 Å². The van der Waals surface area contributed by atoms with Gasteiger partial charge in [0.2, 0.25) is 0 Å². The summed E-state index contributed by atoms with van der Waals surface area (Å²) in [5.41, 5.74) is 7.74. The second kappa shape index (κ2) is 5.14. The van der Waals surface area contributed by atoms with E-state index in [0.717, 1.165) is 16.6 Å². The minimum atomic E-state index is 0.605. The predicted octanol–water partition coefficient (Wildman–Crippen LogP) is 2.60. The first-order valence-electron chi connectivity index (χ1n) is 4.27. The van der Waals surface area contributed by atoms with Crippen molar-refractivity contribution in [2.45, 2.75) is 13.3 Å². The Morgan fingerprint density at radius 2 is 2.38 bits per heavy atom. The fourth-order valence-electron chi connectivity index (χ4n) is 0.987. The molecule has 70 valence electrons. The molecule has 0 bridgehead atoms. The average Bonchev–Trinajstić information content (AvgIpc) is 2.17. The molecule has 0 aromatic carbocycles. The molecule has 0 aliphatic carbocycles. The van der Waals surface area contributed by atoms with Crippen LogP contribution in [0.5, 0.6) is 0 Å². The van der Waals surface area contributed by atoms with Crippen LogP contribution in [0.15, 0.2) is 28.4 Å². The van der Waals surface area contributed by atoms with Crippen LogP contribution in [0.3, 0.4) is 0 Å². The quantitative estimate of drug-likeness (QED) is 0.883. The van der Waals surface area contributed by atoms with Crippen LogP contribution in [-0.2, 0) is 0 Å². The first-order chi connectivity index (χ1) is 6.26. The minimum absolute atomic E-state index is 0.605. The Morgan fingerprint density at radius 3 is 2.85 bits per heavy atom. The summed E-state index contributed by atoms with van der Waals surface area (Å²) in [7, 11) is 0. The summed E-state index contributed by atoms with van der Waals surface area (Å²) in [6.45, 7) is 2.70. The summed E-state index contributed by atoms with van der Waals surface area (Å²) < 4.78 is 0.996. The zero-order valence-corrected chi connectivity index (χ0v) is 9.21. The number of hydrogen-bond acceptors (Lipinski definition) is 2. The Balaban J connectivity index is 2.84. The largest absolute Gasteiger partial charge is 0.327 e. The van der Waals surface area contributed by atoms with Gasteiger partial charge in [0.15, 0.2) is 0 Å². The smallest absolute Gasteiger partial charge is 0.0630 e. The van der Waals surface area contributed by atoms with E-state index in [1.54, 1.807) is 6.20 Å². The lowest BCUT2D eigenvalue weighted by atomic mass is 10.1. The van der Waals surface area contributed by atoms with Crippen LogP contribution in [0.1, 0.15) is 19.0 Å². The summed E-state index contributed by atoms with van der Waals surface area (Å²) in [5, 5.41) is 0. The summed E-state index contributed by atoms with van der Waals surface area (Å²) in [5.74, 6) is 0. The number of rotatable bonds is 3. The van der Waals surface area contributed by atoms with Gasteiger partial charge in [-0.25, -0.2) is 0 Å². The Labute approximate surface area is 87.0 Å². The van der Waals surface area contributed by atoms with Crippen molar-refractivity contribution >= 4 is 22.0 Å². The van der Waals surface area contributed by atoms with Crippen molar-refractivity contribution in [3.8, 4) is 0 Å². The van der Waals surface area contributed by atoms with Gasteiger partial charge < -0.3 is 5.73 Å². The number of nitrogens with zero attached hydrogens (tertiary/aromatic N) is 1. The van der Waals surface area contributed by atoms with Crippen molar-refractivity contribution < 1.29 is 0 Å². The molecule has 0 atom stereocenters. The van der Waals surface area contributed by atoms with Crippen LogP contribution in [0.4, 0.5) is 0 Å². The van der Waals surface area contributed by atoms with Crippen molar-refractivity contribution in [1.82, 2.24) is 4.98 Å². The Hall–Kier alpha value is -0.670. The lowest BCUT2D eigenvalue weighted by Gasteiger charge is -1.99. The van der Waals surface area contributed by atoms with E-state index in [-0.39, 0.29) is 0 Å². The molecule has 1 aromatic rings. The van der Waals surface area contributed by atoms with Crippen LogP contribution in [-0.4, -0.2) is 11.5 Å². The van der Waals surface area contributed by atoms with Gasteiger partial charge in [0, 0.05) is 17.2 Å². The molecule has 0 amide bonds. The van der Waals surface area contributed by atoms with Gasteiger partial charge in [0.25, 0.3) is 0 Å². The number of hydrogen-bond donors (Lipinski definition) is 1. The fourth-order valence-corrected chi connectivity index (χ4v) is 1.22. The summed E-state index contributed by atoms with van der Waals surface area (Å²) in [4.78, 5) is 4.24. The van der Waals surface area contributed by atoms with E-state index < -0.39 is 0 Å². The fraction of sp³-hybridized carbons (Fsp3) is 0.300. The van der Waals surface area contributed by atoms with Crippen LogP contribution < -0.4 is 5.73 Å². The molecule has 0 spiro atoms.